The summed E-state index contributed by atoms with van der Waals surface area (Å²) in [6, 6.07) is 0. The molecule has 1 fully saturated rings. The van der Waals surface area contributed by atoms with Crippen molar-refractivity contribution in [3.63, 3.8) is 0 Å². The molecule has 0 spiro atoms. The molecule has 0 unspecified atom stereocenters. The van der Waals surface area contributed by atoms with Gasteiger partial charge < -0.3 is 14.8 Å². The van der Waals surface area contributed by atoms with E-state index in [4.69, 9.17) is 21.1 Å². The maximum Gasteiger partial charge on any atom is 0.359 e. The highest BCUT2D eigenvalue weighted by Gasteiger charge is 2.23. The fourth-order valence-corrected chi connectivity index (χ4v) is 2.16. The number of nitrogens with one attached hydrogen (secondary N) is 1. The van der Waals surface area contributed by atoms with Crippen LogP contribution in [0.5, 0.6) is 5.19 Å². The average Bonchev–Trinajstić information content (AvgIpc) is 2.54. The van der Waals surface area contributed by atoms with Gasteiger partial charge in [-0.3, -0.25) is 0 Å². The van der Waals surface area contributed by atoms with Gasteiger partial charge in [0.1, 0.15) is 10.4 Å². The van der Waals surface area contributed by atoms with E-state index in [2.05, 4.69) is 10.3 Å². The molecule has 1 aromatic heterocycles. The van der Waals surface area contributed by atoms with Crippen molar-refractivity contribution in [3.8, 4) is 5.19 Å². The molecule has 2 heterocycles. The number of nitrogens with zero attached hydrogens (tertiary/aromatic N) is 1. The summed E-state index contributed by atoms with van der Waals surface area (Å²) in [6.45, 7) is 3.63. The van der Waals surface area contributed by atoms with Crippen LogP contribution >= 0.6 is 22.9 Å². The van der Waals surface area contributed by atoms with Crippen molar-refractivity contribution >= 4 is 28.9 Å². The molecule has 1 N–H and O–H groups in total. The van der Waals surface area contributed by atoms with Crippen molar-refractivity contribution in [2.45, 2.75) is 13.0 Å². The molecule has 0 amide bonds. The Morgan fingerprint density at radius 1 is 1.69 bits per heavy atom. The summed E-state index contributed by atoms with van der Waals surface area (Å²) < 4.78 is 10.6. The van der Waals surface area contributed by atoms with Crippen LogP contribution in [0.1, 0.15) is 17.4 Å². The van der Waals surface area contributed by atoms with E-state index in [1.807, 2.05) is 0 Å². The van der Waals surface area contributed by atoms with E-state index in [-0.39, 0.29) is 11.8 Å². The number of esters is 1. The van der Waals surface area contributed by atoms with Gasteiger partial charge in [-0.1, -0.05) is 22.9 Å². The van der Waals surface area contributed by atoms with Crippen LogP contribution in [-0.4, -0.2) is 36.8 Å². The van der Waals surface area contributed by atoms with Crippen LogP contribution < -0.4 is 10.1 Å². The molecule has 1 aliphatic heterocycles. The Hall–Kier alpha value is -0.850. The smallest absolute Gasteiger partial charge is 0.359 e. The first kappa shape index (κ1) is 11.6. The Labute approximate surface area is 102 Å². The van der Waals surface area contributed by atoms with Crippen molar-refractivity contribution in [2.75, 3.05) is 19.7 Å². The number of halogens is 1. The second-order valence-corrected chi connectivity index (χ2v) is 4.78. The zero-order chi connectivity index (χ0) is 11.5. The van der Waals surface area contributed by atoms with Gasteiger partial charge in [0.25, 0.3) is 5.19 Å². The maximum absolute atomic E-state index is 11.4. The molecule has 88 valence electrons. The molecular formula is C9H11ClN2O3S. The summed E-state index contributed by atoms with van der Waals surface area (Å²) in [5.74, 6) is -0.509. The molecule has 0 atom stereocenters. The minimum atomic E-state index is -0.509. The van der Waals surface area contributed by atoms with Crippen LogP contribution in [0.25, 0.3) is 0 Å². The predicted octanol–water partition coefficient (Wildman–Crippen LogP) is 1.32. The number of carbonyl (C=O) groups excluding carboxylic acids is 1. The number of rotatable bonds is 4. The summed E-state index contributed by atoms with van der Waals surface area (Å²) in [4.78, 5) is 15.4. The van der Waals surface area contributed by atoms with Gasteiger partial charge in [0.15, 0.2) is 5.69 Å². The molecule has 0 radical (unpaired) electrons. The van der Waals surface area contributed by atoms with Crippen molar-refractivity contribution in [1.29, 1.82) is 0 Å². The Morgan fingerprint density at radius 2 is 2.44 bits per heavy atom. The van der Waals surface area contributed by atoms with E-state index < -0.39 is 5.97 Å². The first-order valence-corrected chi connectivity index (χ1v) is 6.11. The highest BCUT2D eigenvalue weighted by molar-refractivity contribution is 7.17. The largest absolute Gasteiger partial charge is 0.464 e. The number of aromatic nitrogens is 1. The van der Waals surface area contributed by atoms with Crippen molar-refractivity contribution in [3.05, 3.63) is 10.0 Å². The molecule has 0 aliphatic carbocycles. The van der Waals surface area contributed by atoms with Gasteiger partial charge in [0.2, 0.25) is 0 Å². The third-order valence-electron chi connectivity index (χ3n) is 2.05. The van der Waals surface area contributed by atoms with Gasteiger partial charge in [-0.15, -0.1) is 0 Å². The minimum Gasteiger partial charge on any atom is -0.464 e. The number of carbonyl (C=O) groups is 1. The second-order valence-electron chi connectivity index (χ2n) is 3.22. The Balaban J connectivity index is 2.05. The Bertz CT molecular complexity index is 392. The number of thiazole rings is 1. The van der Waals surface area contributed by atoms with Crippen LogP contribution in [0.15, 0.2) is 0 Å². The van der Waals surface area contributed by atoms with Crippen LogP contribution in [-0.2, 0) is 4.74 Å². The van der Waals surface area contributed by atoms with Gasteiger partial charge in [-0.25, -0.2) is 4.79 Å². The van der Waals surface area contributed by atoms with Gasteiger partial charge in [-0.2, -0.15) is 4.98 Å². The molecule has 1 saturated heterocycles. The molecule has 1 aliphatic rings. The van der Waals surface area contributed by atoms with E-state index in [1.165, 1.54) is 0 Å². The molecule has 0 aromatic carbocycles. The standard InChI is InChI=1S/C9H11ClN2O3S/c1-2-14-8(13)6-7(10)16-9(12-6)15-5-3-11-4-5/h5,11H,2-4H2,1H3. The van der Waals surface area contributed by atoms with Gasteiger partial charge >= 0.3 is 5.97 Å². The highest BCUT2D eigenvalue weighted by Crippen LogP contribution is 2.31. The van der Waals surface area contributed by atoms with E-state index in [1.54, 1.807) is 6.92 Å². The number of hydrogen-bond donors (Lipinski definition) is 1. The fourth-order valence-electron chi connectivity index (χ4n) is 1.15. The summed E-state index contributed by atoms with van der Waals surface area (Å²) in [6.07, 6.45) is 0.122. The van der Waals surface area contributed by atoms with Crippen molar-refractivity contribution in [2.24, 2.45) is 0 Å². The highest BCUT2D eigenvalue weighted by atomic mass is 35.5. The van der Waals surface area contributed by atoms with E-state index in [0.29, 0.717) is 16.1 Å². The fraction of sp³-hybridized carbons (Fsp3) is 0.556. The quantitative estimate of drug-likeness (QED) is 0.830. The van der Waals surface area contributed by atoms with Crippen LogP contribution in [0.3, 0.4) is 0 Å². The number of ether oxygens (including phenoxy) is 2. The normalized spacial score (nSPS) is 15.6. The minimum absolute atomic E-state index is 0.122. The third kappa shape index (κ3) is 2.45. The SMILES string of the molecule is CCOC(=O)c1nc(OC2CNC2)sc1Cl. The van der Waals surface area contributed by atoms with Gasteiger partial charge in [-0.05, 0) is 6.92 Å². The topological polar surface area (TPSA) is 60.5 Å². The lowest BCUT2D eigenvalue weighted by atomic mass is 10.2. The lowest BCUT2D eigenvalue weighted by molar-refractivity contribution is 0.0518. The Kier molecular flexibility index (Phi) is 3.63. The van der Waals surface area contributed by atoms with E-state index in [9.17, 15) is 4.79 Å². The van der Waals surface area contributed by atoms with E-state index in [0.717, 1.165) is 24.4 Å². The molecule has 5 nitrogen and oxygen atoms in total. The Morgan fingerprint density at radius 3 is 3.00 bits per heavy atom. The molecule has 16 heavy (non-hydrogen) atoms. The van der Waals surface area contributed by atoms with Gasteiger partial charge in [0.05, 0.1) is 6.61 Å². The molecule has 2 rings (SSSR count). The monoisotopic (exact) mass is 262 g/mol. The first-order valence-electron chi connectivity index (χ1n) is 4.91. The molecule has 1 aromatic rings. The summed E-state index contributed by atoms with van der Waals surface area (Å²) in [5, 5.41) is 3.49. The molecule has 0 bridgehead atoms. The second kappa shape index (κ2) is 4.99. The lowest BCUT2D eigenvalue weighted by Crippen LogP contribution is -2.50. The van der Waals surface area contributed by atoms with Crippen LogP contribution in [0, 0.1) is 0 Å². The van der Waals surface area contributed by atoms with Crippen molar-refractivity contribution < 1.29 is 14.3 Å². The predicted molar refractivity (Wildman–Crippen MR) is 60.4 cm³/mol. The summed E-state index contributed by atoms with van der Waals surface area (Å²) >= 11 is 7.03. The van der Waals surface area contributed by atoms with Gasteiger partial charge in [0, 0.05) is 13.1 Å². The summed E-state index contributed by atoms with van der Waals surface area (Å²) in [5.41, 5.74) is 0.135. The molecule has 0 saturated carbocycles. The zero-order valence-electron chi connectivity index (χ0n) is 8.66. The third-order valence-corrected chi connectivity index (χ3v) is 3.19. The average molecular weight is 263 g/mol. The lowest BCUT2D eigenvalue weighted by Gasteiger charge is -2.26. The molecular weight excluding hydrogens is 252 g/mol. The molecule has 7 heteroatoms. The van der Waals surface area contributed by atoms with E-state index >= 15 is 0 Å². The summed E-state index contributed by atoms with van der Waals surface area (Å²) in [7, 11) is 0. The maximum atomic E-state index is 11.4. The first-order chi connectivity index (χ1) is 7.70. The van der Waals surface area contributed by atoms with Crippen LogP contribution in [0.2, 0.25) is 4.34 Å². The van der Waals surface area contributed by atoms with Crippen LogP contribution in [0.4, 0.5) is 0 Å². The van der Waals surface area contributed by atoms with Crippen molar-refractivity contribution in [1.82, 2.24) is 10.3 Å². The number of hydrogen-bond acceptors (Lipinski definition) is 6. The zero-order valence-corrected chi connectivity index (χ0v) is 10.2.